The Morgan fingerprint density at radius 1 is 1.05 bits per heavy atom. The Bertz CT molecular complexity index is 1470. The average molecular weight is 512 g/mol. The number of rotatable bonds is 10. The molecule has 0 bridgehead atoms. The van der Waals surface area contributed by atoms with Crippen LogP contribution in [0.3, 0.4) is 0 Å². The van der Waals surface area contributed by atoms with Crippen LogP contribution >= 0.6 is 0 Å². The summed E-state index contributed by atoms with van der Waals surface area (Å²) in [6.45, 7) is 10.9. The van der Waals surface area contributed by atoms with Crippen molar-refractivity contribution in [2.24, 2.45) is 10.9 Å². The third kappa shape index (κ3) is 5.93. The molecule has 0 saturated carbocycles. The van der Waals surface area contributed by atoms with Gasteiger partial charge in [0.1, 0.15) is 11.6 Å². The smallest absolute Gasteiger partial charge is 0.255 e. The third-order valence-corrected chi connectivity index (χ3v) is 7.12. The maximum Gasteiger partial charge on any atom is 0.255 e. The maximum atomic E-state index is 13.4. The SMILES string of the molecule is CCC(C)C(CCCNC(=O)c1cc(-c2ccc(C)c(OC)c2)cn2c(C)nnc12)=Nc1ccccc1C. The minimum Gasteiger partial charge on any atom is -0.496 e. The highest BCUT2D eigenvalue weighted by Gasteiger charge is 2.17. The van der Waals surface area contributed by atoms with E-state index in [0.717, 1.165) is 53.2 Å². The van der Waals surface area contributed by atoms with Gasteiger partial charge in [-0.15, -0.1) is 10.2 Å². The molecule has 1 atom stereocenters. The first-order valence-corrected chi connectivity index (χ1v) is 13.2. The second kappa shape index (κ2) is 12.0. The first-order chi connectivity index (χ1) is 18.3. The molecular weight excluding hydrogens is 474 g/mol. The van der Waals surface area contributed by atoms with Gasteiger partial charge in [0, 0.05) is 18.5 Å². The van der Waals surface area contributed by atoms with Crippen molar-refractivity contribution in [1.82, 2.24) is 19.9 Å². The molecule has 198 valence electrons. The van der Waals surface area contributed by atoms with E-state index in [9.17, 15) is 4.79 Å². The Balaban J connectivity index is 1.52. The lowest BCUT2D eigenvalue weighted by Gasteiger charge is -2.15. The van der Waals surface area contributed by atoms with Gasteiger partial charge in [-0.3, -0.25) is 14.2 Å². The fourth-order valence-electron chi connectivity index (χ4n) is 4.49. The van der Waals surface area contributed by atoms with E-state index in [2.05, 4.69) is 48.4 Å². The molecular formula is C31H37N5O2. The van der Waals surface area contributed by atoms with E-state index >= 15 is 0 Å². The van der Waals surface area contributed by atoms with E-state index in [4.69, 9.17) is 9.73 Å². The highest BCUT2D eigenvalue weighted by molar-refractivity contribution is 6.01. The number of hydrogen-bond acceptors (Lipinski definition) is 5. The number of nitrogens with zero attached hydrogens (tertiary/aromatic N) is 4. The zero-order chi connectivity index (χ0) is 27.2. The molecule has 2 heterocycles. The number of carbonyl (C=O) groups is 1. The number of methoxy groups -OCH3 is 1. The fraction of sp³-hybridized carbons (Fsp3) is 0.355. The van der Waals surface area contributed by atoms with Crippen molar-refractivity contribution in [1.29, 1.82) is 0 Å². The molecule has 1 amide bonds. The van der Waals surface area contributed by atoms with Gasteiger partial charge in [-0.2, -0.15) is 0 Å². The van der Waals surface area contributed by atoms with Crippen LogP contribution in [-0.4, -0.2) is 39.9 Å². The number of carbonyl (C=O) groups excluding carboxylic acids is 1. The van der Waals surface area contributed by atoms with Crippen molar-refractivity contribution >= 4 is 23.0 Å². The van der Waals surface area contributed by atoms with Crippen LogP contribution in [0.4, 0.5) is 5.69 Å². The predicted molar refractivity (Wildman–Crippen MR) is 154 cm³/mol. The molecule has 7 nitrogen and oxygen atoms in total. The Kier molecular flexibility index (Phi) is 8.56. The van der Waals surface area contributed by atoms with Crippen LogP contribution in [0.5, 0.6) is 5.75 Å². The van der Waals surface area contributed by atoms with Crippen LogP contribution in [-0.2, 0) is 0 Å². The molecule has 0 aliphatic rings. The first-order valence-electron chi connectivity index (χ1n) is 13.2. The minimum atomic E-state index is -0.163. The highest BCUT2D eigenvalue weighted by atomic mass is 16.5. The maximum absolute atomic E-state index is 13.4. The normalized spacial score (nSPS) is 12.5. The van der Waals surface area contributed by atoms with Gasteiger partial charge in [-0.05, 0) is 86.4 Å². The third-order valence-electron chi connectivity index (χ3n) is 7.12. The van der Waals surface area contributed by atoms with Gasteiger partial charge in [0.05, 0.1) is 18.4 Å². The Morgan fingerprint density at radius 2 is 1.84 bits per heavy atom. The second-order valence-corrected chi connectivity index (χ2v) is 9.83. The Morgan fingerprint density at radius 3 is 2.58 bits per heavy atom. The van der Waals surface area contributed by atoms with Gasteiger partial charge >= 0.3 is 0 Å². The van der Waals surface area contributed by atoms with E-state index in [0.29, 0.717) is 23.7 Å². The molecule has 0 fully saturated rings. The molecule has 0 aliphatic heterocycles. The Hall–Kier alpha value is -4.00. The van der Waals surface area contributed by atoms with Gasteiger partial charge in [-0.25, -0.2) is 0 Å². The van der Waals surface area contributed by atoms with E-state index in [-0.39, 0.29) is 5.91 Å². The van der Waals surface area contributed by atoms with Gasteiger partial charge in [0.2, 0.25) is 0 Å². The number of fused-ring (bicyclic) bond motifs is 1. The summed E-state index contributed by atoms with van der Waals surface area (Å²) < 4.78 is 7.38. The number of pyridine rings is 1. The summed E-state index contributed by atoms with van der Waals surface area (Å²) >= 11 is 0. The summed E-state index contributed by atoms with van der Waals surface area (Å²) in [4.78, 5) is 18.3. The van der Waals surface area contributed by atoms with Crippen molar-refractivity contribution in [2.75, 3.05) is 13.7 Å². The van der Waals surface area contributed by atoms with Crippen LogP contribution in [0.2, 0.25) is 0 Å². The largest absolute Gasteiger partial charge is 0.496 e. The number of benzene rings is 2. The van der Waals surface area contributed by atoms with Crippen LogP contribution in [0.15, 0.2) is 59.7 Å². The molecule has 0 spiro atoms. The molecule has 2 aromatic heterocycles. The second-order valence-electron chi connectivity index (χ2n) is 9.83. The van der Waals surface area contributed by atoms with Crippen molar-refractivity contribution in [3.05, 3.63) is 77.2 Å². The number of aliphatic imine (C=N–C) groups is 1. The zero-order valence-electron chi connectivity index (χ0n) is 23.2. The quantitative estimate of drug-likeness (QED) is 0.191. The number of nitrogens with one attached hydrogen (secondary N) is 1. The molecule has 1 unspecified atom stereocenters. The van der Waals surface area contributed by atoms with E-state index in [1.165, 1.54) is 11.3 Å². The molecule has 7 heteroatoms. The van der Waals surface area contributed by atoms with Crippen LogP contribution in [0, 0.1) is 26.7 Å². The van der Waals surface area contributed by atoms with Crippen molar-refractivity contribution < 1.29 is 9.53 Å². The standard InChI is InChI=1S/C31H37N5O2/c1-7-20(2)27(33-28-12-9-8-11-21(28)3)13-10-16-32-31(37)26-17-25(19-36-23(5)34-35-30(26)36)24-15-14-22(4)29(18-24)38-6/h8-9,11-12,14-15,17-20H,7,10,13,16H2,1-6H3,(H,32,37). The van der Waals surface area contributed by atoms with Crippen LogP contribution in [0.25, 0.3) is 16.8 Å². The number of ether oxygens (including phenoxy) is 1. The summed E-state index contributed by atoms with van der Waals surface area (Å²) in [7, 11) is 1.66. The fourth-order valence-corrected chi connectivity index (χ4v) is 4.49. The topological polar surface area (TPSA) is 80.9 Å². The molecule has 1 N–H and O–H groups in total. The summed E-state index contributed by atoms with van der Waals surface area (Å²) in [5.41, 5.74) is 7.31. The van der Waals surface area contributed by atoms with Gasteiger partial charge in [-0.1, -0.05) is 44.2 Å². The summed E-state index contributed by atoms with van der Waals surface area (Å²) in [6, 6.07) is 16.1. The van der Waals surface area contributed by atoms with Gasteiger partial charge in [0.15, 0.2) is 5.65 Å². The minimum absolute atomic E-state index is 0.163. The molecule has 0 radical (unpaired) electrons. The highest BCUT2D eigenvalue weighted by Crippen LogP contribution is 2.29. The van der Waals surface area contributed by atoms with E-state index in [1.54, 1.807) is 7.11 Å². The molecule has 0 saturated heterocycles. The number of amides is 1. The lowest BCUT2D eigenvalue weighted by atomic mass is 9.98. The van der Waals surface area contributed by atoms with Crippen molar-refractivity contribution in [2.45, 2.75) is 53.9 Å². The zero-order valence-corrected chi connectivity index (χ0v) is 23.2. The number of hydrogen-bond donors (Lipinski definition) is 1. The lowest BCUT2D eigenvalue weighted by molar-refractivity contribution is 0.0954. The number of aromatic nitrogens is 3. The average Bonchev–Trinajstić information content (AvgIpc) is 3.31. The summed E-state index contributed by atoms with van der Waals surface area (Å²) in [6.07, 6.45) is 4.62. The number of para-hydroxylation sites is 1. The molecule has 4 rings (SSSR count). The van der Waals surface area contributed by atoms with Crippen LogP contribution in [0.1, 0.15) is 60.4 Å². The predicted octanol–water partition coefficient (Wildman–Crippen LogP) is 6.66. The van der Waals surface area contributed by atoms with Gasteiger partial charge in [0.25, 0.3) is 5.91 Å². The summed E-state index contributed by atoms with van der Waals surface area (Å²) in [5.74, 6) is 1.75. The molecule has 2 aromatic carbocycles. The first kappa shape index (κ1) is 27.0. The summed E-state index contributed by atoms with van der Waals surface area (Å²) in [5, 5.41) is 11.6. The lowest BCUT2D eigenvalue weighted by Crippen LogP contribution is -2.26. The monoisotopic (exact) mass is 511 g/mol. The van der Waals surface area contributed by atoms with Crippen molar-refractivity contribution in [3.8, 4) is 16.9 Å². The number of aryl methyl sites for hydroxylation is 3. The Labute approximate surface area is 225 Å². The van der Waals surface area contributed by atoms with Crippen molar-refractivity contribution in [3.63, 3.8) is 0 Å². The van der Waals surface area contributed by atoms with E-state index < -0.39 is 0 Å². The van der Waals surface area contributed by atoms with E-state index in [1.807, 2.05) is 60.8 Å². The van der Waals surface area contributed by atoms with Crippen LogP contribution < -0.4 is 10.1 Å². The molecule has 0 aliphatic carbocycles. The van der Waals surface area contributed by atoms with Gasteiger partial charge < -0.3 is 10.1 Å². The molecule has 38 heavy (non-hydrogen) atoms. The molecule has 4 aromatic rings.